The van der Waals surface area contributed by atoms with Gasteiger partial charge in [-0.25, -0.2) is 4.79 Å². The molecule has 2 nitrogen and oxygen atoms in total. The standard InChI is InChI=1S/C15H22O2/c1-3-5-6-7-10-13-11-8-9-12-14(13)15(16)17-4-2/h8-9,11-12H,3-7,10H2,1-2H3. The molecule has 0 aliphatic rings. The van der Waals surface area contributed by atoms with Crippen LogP contribution in [0, 0.1) is 0 Å². The minimum Gasteiger partial charge on any atom is -0.462 e. The Morgan fingerprint density at radius 1 is 1.12 bits per heavy atom. The molecule has 0 spiro atoms. The summed E-state index contributed by atoms with van der Waals surface area (Å²) < 4.78 is 5.06. The van der Waals surface area contributed by atoms with Crippen molar-refractivity contribution in [1.82, 2.24) is 0 Å². The quantitative estimate of drug-likeness (QED) is 0.527. The second-order valence-corrected chi connectivity index (χ2v) is 4.19. The van der Waals surface area contributed by atoms with E-state index in [0.717, 1.165) is 24.0 Å². The van der Waals surface area contributed by atoms with E-state index in [0.29, 0.717) is 6.61 Å². The Hall–Kier alpha value is -1.31. The highest BCUT2D eigenvalue weighted by Crippen LogP contribution is 2.14. The maximum absolute atomic E-state index is 11.7. The number of esters is 1. The number of carbonyl (C=O) groups excluding carboxylic acids is 1. The molecule has 1 rings (SSSR count). The van der Waals surface area contributed by atoms with Gasteiger partial charge in [0.2, 0.25) is 0 Å². The summed E-state index contributed by atoms with van der Waals surface area (Å²) in [5, 5.41) is 0. The van der Waals surface area contributed by atoms with Crippen LogP contribution < -0.4 is 0 Å². The van der Waals surface area contributed by atoms with Crippen LogP contribution in [0.15, 0.2) is 24.3 Å². The molecule has 0 amide bonds. The molecule has 94 valence electrons. The Bertz CT molecular complexity index is 345. The first kappa shape index (κ1) is 13.8. The third kappa shape index (κ3) is 4.59. The molecule has 1 aromatic rings. The van der Waals surface area contributed by atoms with Crippen LogP contribution >= 0.6 is 0 Å². The second-order valence-electron chi connectivity index (χ2n) is 4.19. The Balaban J connectivity index is 2.61. The van der Waals surface area contributed by atoms with Crippen molar-refractivity contribution in [2.75, 3.05) is 6.61 Å². The van der Waals surface area contributed by atoms with E-state index >= 15 is 0 Å². The summed E-state index contributed by atoms with van der Waals surface area (Å²) in [6.07, 6.45) is 5.84. The van der Waals surface area contributed by atoms with E-state index in [-0.39, 0.29) is 5.97 Å². The highest BCUT2D eigenvalue weighted by atomic mass is 16.5. The third-order valence-electron chi connectivity index (χ3n) is 2.81. The van der Waals surface area contributed by atoms with Gasteiger partial charge < -0.3 is 4.74 Å². The Morgan fingerprint density at radius 3 is 2.59 bits per heavy atom. The van der Waals surface area contributed by atoms with Gasteiger partial charge in [-0.15, -0.1) is 0 Å². The van der Waals surface area contributed by atoms with Gasteiger partial charge in [0, 0.05) is 0 Å². The maximum Gasteiger partial charge on any atom is 0.338 e. The van der Waals surface area contributed by atoms with Crippen LogP contribution in [0.5, 0.6) is 0 Å². The molecule has 0 bridgehead atoms. The van der Waals surface area contributed by atoms with Crippen LogP contribution in [0.2, 0.25) is 0 Å². The van der Waals surface area contributed by atoms with E-state index in [1.54, 1.807) is 0 Å². The number of hydrogen-bond donors (Lipinski definition) is 0. The van der Waals surface area contributed by atoms with Crippen molar-refractivity contribution in [1.29, 1.82) is 0 Å². The summed E-state index contributed by atoms with van der Waals surface area (Å²) >= 11 is 0. The number of benzene rings is 1. The van der Waals surface area contributed by atoms with Gasteiger partial charge in [-0.05, 0) is 31.4 Å². The molecule has 17 heavy (non-hydrogen) atoms. The van der Waals surface area contributed by atoms with Gasteiger partial charge in [-0.3, -0.25) is 0 Å². The Labute approximate surface area is 104 Å². The Morgan fingerprint density at radius 2 is 1.88 bits per heavy atom. The first-order valence-corrected chi connectivity index (χ1v) is 6.54. The largest absolute Gasteiger partial charge is 0.462 e. The number of unbranched alkanes of at least 4 members (excludes halogenated alkanes) is 3. The van der Waals surface area contributed by atoms with Gasteiger partial charge in [-0.1, -0.05) is 44.4 Å². The van der Waals surface area contributed by atoms with Crippen molar-refractivity contribution in [2.24, 2.45) is 0 Å². The minimum atomic E-state index is -0.196. The smallest absolute Gasteiger partial charge is 0.338 e. The van der Waals surface area contributed by atoms with Crippen molar-refractivity contribution in [3.63, 3.8) is 0 Å². The predicted octanol–water partition coefficient (Wildman–Crippen LogP) is 3.99. The van der Waals surface area contributed by atoms with Crippen LogP contribution in [0.4, 0.5) is 0 Å². The lowest BCUT2D eigenvalue weighted by molar-refractivity contribution is 0.0525. The maximum atomic E-state index is 11.7. The monoisotopic (exact) mass is 234 g/mol. The van der Waals surface area contributed by atoms with Crippen LogP contribution in [0.1, 0.15) is 55.5 Å². The molecule has 0 aliphatic carbocycles. The molecule has 2 heteroatoms. The van der Waals surface area contributed by atoms with E-state index in [4.69, 9.17) is 4.74 Å². The molecule has 0 radical (unpaired) electrons. The zero-order chi connectivity index (χ0) is 12.5. The van der Waals surface area contributed by atoms with Crippen molar-refractivity contribution >= 4 is 5.97 Å². The first-order valence-electron chi connectivity index (χ1n) is 6.54. The Kier molecular flexibility index (Phi) is 6.38. The minimum absolute atomic E-state index is 0.196. The van der Waals surface area contributed by atoms with Gasteiger partial charge in [0.05, 0.1) is 12.2 Å². The van der Waals surface area contributed by atoms with Crippen molar-refractivity contribution < 1.29 is 9.53 Å². The number of carbonyl (C=O) groups is 1. The molecule has 0 N–H and O–H groups in total. The molecular weight excluding hydrogens is 212 g/mol. The summed E-state index contributed by atoms with van der Waals surface area (Å²) in [5.41, 5.74) is 1.84. The molecule has 0 aliphatic heterocycles. The van der Waals surface area contributed by atoms with E-state index in [9.17, 15) is 4.79 Å². The normalized spacial score (nSPS) is 10.2. The summed E-state index contributed by atoms with van der Waals surface area (Å²) in [6, 6.07) is 7.75. The predicted molar refractivity (Wildman–Crippen MR) is 70.2 cm³/mol. The molecule has 0 fully saturated rings. The molecule has 0 aromatic heterocycles. The summed E-state index contributed by atoms with van der Waals surface area (Å²) in [4.78, 5) is 11.7. The van der Waals surface area contributed by atoms with Crippen LogP contribution in [0.3, 0.4) is 0 Å². The van der Waals surface area contributed by atoms with Crippen molar-refractivity contribution in [3.8, 4) is 0 Å². The van der Waals surface area contributed by atoms with Gasteiger partial charge in [-0.2, -0.15) is 0 Å². The second kappa shape index (κ2) is 7.88. The SMILES string of the molecule is CCCCCCc1ccccc1C(=O)OCC. The lowest BCUT2D eigenvalue weighted by atomic mass is 10.0. The summed E-state index contributed by atoms with van der Waals surface area (Å²) in [7, 11) is 0. The van der Waals surface area contributed by atoms with Gasteiger partial charge in [0.25, 0.3) is 0 Å². The number of ether oxygens (including phenoxy) is 1. The number of rotatable bonds is 7. The molecule has 0 unspecified atom stereocenters. The van der Waals surface area contributed by atoms with Crippen LogP contribution in [0.25, 0.3) is 0 Å². The summed E-state index contributed by atoms with van der Waals surface area (Å²) in [6.45, 7) is 4.47. The van der Waals surface area contributed by atoms with E-state index < -0.39 is 0 Å². The van der Waals surface area contributed by atoms with Crippen LogP contribution in [-0.2, 0) is 11.2 Å². The zero-order valence-electron chi connectivity index (χ0n) is 10.9. The molecule has 0 atom stereocenters. The summed E-state index contributed by atoms with van der Waals surface area (Å²) in [5.74, 6) is -0.196. The lowest BCUT2D eigenvalue weighted by Gasteiger charge is -2.08. The lowest BCUT2D eigenvalue weighted by Crippen LogP contribution is -2.08. The molecule has 0 heterocycles. The highest BCUT2D eigenvalue weighted by molar-refractivity contribution is 5.91. The van der Waals surface area contributed by atoms with Gasteiger partial charge in [0.1, 0.15) is 0 Å². The molecule has 0 saturated heterocycles. The van der Waals surface area contributed by atoms with E-state index in [2.05, 4.69) is 6.92 Å². The zero-order valence-corrected chi connectivity index (χ0v) is 10.9. The highest BCUT2D eigenvalue weighted by Gasteiger charge is 2.10. The fraction of sp³-hybridized carbons (Fsp3) is 0.533. The topological polar surface area (TPSA) is 26.3 Å². The van der Waals surface area contributed by atoms with Crippen molar-refractivity contribution in [3.05, 3.63) is 35.4 Å². The van der Waals surface area contributed by atoms with E-state index in [1.165, 1.54) is 19.3 Å². The average molecular weight is 234 g/mol. The van der Waals surface area contributed by atoms with Crippen molar-refractivity contribution in [2.45, 2.75) is 46.0 Å². The van der Waals surface area contributed by atoms with E-state index in [1.807, 2.05) is 31.2 Å². The van der Waals surface area contributed by atoms with Gasteiger partial charge >= 0.3 is 5.97 Å². The molecule has 1 aromatic carbocycles. The third-order valence-corrected chi connectivity index (χ3v) is 2.81. The average Bonchev–Trinajstić information content (AvgIpc) is 2.35. The number of hydrogen-bond acceptors (Lipinski definition) is 2. The van der Waals surface area contributed by atoms with Gasteiger partial charge in [0.15, 0.2) is 0 Å². The molecular formula is C15H22O2. The molecule has 0 saturated carbocycles. The fourth-order valence-electron chi connectivity index (χ4n) is 1.89. The van der Waals surface area contributed by atoms with Crippen LogP contribution in [-0.4, -0.2) is 12.6 Å². The number of aryl methyl sites for hydroxylation is 1. The fourth-order valence-corrected chi connectivity index (χ4v) is 1.89. The first-order chi connectivity index (χ1) is 8.29.